The summed E-state index contributed by atoms with van der Waals surface area (Å²) in [5.41, 5.74) is 2.73. The summed E-state index contributed by atoms with van der Waals surface area (Å²) in [4.78, 5) is 16.6. The van der Waals surface area contributed by atoms with Crippen LogP contribution in [0, 0.1) is 0 Å². The third-order valence-corrected chi connectivity index (χ3v) is 3.51. The first kappa shape index (κ1) is 11.3. The topological polar surface area (TPSA) is 39.2 Å². The van der Waals surface area contributed by atoms with Crippen molar-refractivity contribution >= 4 is 28.6 Å². The zero-order chi connectivity index (χ0) is 11.2. The molecule has 0 aliphatic carbocycles. The normalized spacial score (nSPS) is 10.2. The summed E-state index contributed by atoms with van der Waals surface area (Å²) < 4.78 is 5.13. The van der Waals surface area contributed by atoms with Crippen LogP contribution in [0.2, 0.25) is 0 Å². The van der Waals surface area contributed by atoms with Gasteiger partial charge in [-0.05, 0) is 11.4 Å². The van der Waals surface area contributed by atoms with Crippen molar-refractivity contribution in [3.8, 4) is 0 Å². The molecular weight excluding hydrogens is 242 g/mol. The van der Waals surface area contributed by atoms with Gasteiger partial charge in [0.2, 0.25) is 0 Å². The molecule has 3 nitrogen and oxygen atoms in total. The van der Waals surface area contributed by atoms with Gasteiger partial charge in [-0.15, -0.1) is 22.7 Å². The number of aromatic nitrogens is 1. The summed E-state index contributed by atoms with van der Waals surface area (Å²) in [7, 11) is 0. The number of thiophene rings is 1. The average molecular weight is 253 g/mol. The third-order valence-electron chi connectivity index (χ3n) is 2.02. The van der Waals surface area contributed by atoms with E-state index in [0.717, 1.165) is 10.6 Å². The average Bonchev–Trinajstić information content (AvgIpc) is 2.96. The Morgan fingerprint density at radius 2 is 2.44 bits per heavy atom. The van der Waals surface area contributed by atoms with Gasteiger partial charge in [0.15, 0.2) is 0 Å². The van der Waals surface area contributed by atoms with Crippen LogP contribution in [0.5, 0.6) is 0 Å². The maximum Gasteiger partial charge on any atom is 0.306 e. The quantitative estimate of drug-likeness (QED) is 0.769. The molecule has 2 heterocycles. The summed E-state index contributed by atoms with van der Waals surface area (Å²) in [6.07, 6.45) is 1.06. The van der Waals surface area contributed by atoms with Crippen LogP contribution in [-0.2, 0) is 22.6 Å². The van der Waals surface area contributed by atoms with Gasteiger partial charge in [0.05, 0.1) is 17.6 Å². The van der Waals surface area contributed by atoms with E-state index in [4.69, 9.17) is 4.74 Å². The lowest BCUT2D eigenvalue weighted by Gasteiger charge is -2.01. The maximum atomic E-state index is 11.4. The van der Waals surface area contributed by atoms with Crippen LogP contribution in [0.25, 0.3) is 0 Å². The molecule has 5 heteroatoms. The lowest BCUT2D eigenvalue weighted by molar-refractivity contribution is -0.144. The van der Waals surface area contributed by atoms with Gasteiger partial charge in [-0.25, -0.2) is 4.98 Å². The van der Waals surface area contributed by atoms with Gasteiger partial charge < -0.3 is 4.74 Å². The fourth-order valence-corrected chi connectivity index (χ4v) is 2.42. The molecule has 0 aromatic carbocycles. The van der Waals surface area contributed by atoms with E-state index in [2.05, 4.69) is 4.98 Å². The predicted molar refractivity (Wildman–Crippen MR) is 64.6 cm³/mol. The fraction of sp³-hybridized carbons (Fsp3) is 0.273. The Morgan fingerprint density at radius 1 is 1.50 bits per heavy atom. The van der Waals surface area contributed by atoms with Crippen LogP contribution >= 0.6 is 22.7 Å². The summed E-state index contributed by atoms with van der Waals surface area (Å²) >= 11 is 3.13. The first-order valence-electron chi connectivity index (χ1n) is 4.89. The van der Waals surface area contributed by atoms with Gasteiger partial charge >= 0.3 is 5.97 Å². The number of ether oxygens (including phenoxy) is 1. The van der Waals surface area contributed by atoms with E-state index >= 15 is 0 Å². The number of carbonyl (C=O) groups is 1. The maximum absolute atomic E-state index is 11.4. The first-order chi connectivity index (χ1) is 7.84. The summed E-state index contributed by atoms with van der Waals surface area (Å²) in [5, 5.41) is 3.92. The van der Waals surface area contributed by atoms with Crippen molar-refractivity contribution in [2.24, 2.45) is 0 Å². The van der Waals surface area contributed by atoms with E-state index in [0.29, 0.717) is 19.4 Å². The second-order valence-electron chi connectivity index (χ2n) is 3.22. The molecule has 0 spiro atoms. The van der Waals surface area contributed by atoms with Crippen LogP contribution in [0.15, 0.2) is 28.4 Å². The van der Waals surface area contributed by atoms with Gasteiger partial charge in [-0.2, -0.15) is 0 Å². The van der Waals surface area contributed by atoms with E-state index in [1.54, 1.807) is 28.2 Å². The fourth-order valence-electron chi connectivity index (χ4n) is 1.21. The number of hydrogen-bond acceptors (Lipinski definition) is 5. The molecule has 0 unspecified atom stereocenters. The molecule has 0 atom stereocenters. The molecule has 2 aromatic heterocycles. The van der Waals surface area contributed by atoms with E-state index in [-0.39, 0.29) is 5.97 Å². The Labute approximate surface area is 102 Å². The lowest BCUT2D eigenvalue weighted by Crippen LogP contribution is -2.05. The number of rotatable bonds is 5. The SMILES string of the molecule is O=C(CCc1cscn1)OCc1cccs1. The molecule has 0 fully saturated rings. The molecule has 16 heavy (non-hydrogen) atoms. The lowest BCUT2D eigenvalue weighted by atomic mass is 10.2. The zero-order valence-corrected chi connectivity index (χ0v) is 10.2. The molecule has 0 aliphatic heterocycles. The second kappa shape index (κ2) is 5.77. The van der Waals surface area contributed by atoms with Crippen molar-refractivity contribution in [1.82, 2.24) is 4.98 Å². The van der Waals surface area contributed by atoms with Crippen molar-refractivity contribution < 1.29 is 9.53 Å². The second-order valence-corrected chi connectivity index (χ2v) is 4.97. The minimum Gasteiger partial charge on any atom is -0.460 e. The monoisotopic (exact) mass is 253 g/mol. The predicted octanol–water partition coefficient (Wildman–Crippen LogP) is 2.88. The highest BCUT2D eigenvalue weighted by atomic mass is 32.1. The van der Waals surface area contributed by atoms with E-state index in [1.807, 2.05) is 22.9 Å². The van der Waals surface area contributed by atoms with Gasteiger partial charge in [0.1, 0.15) is 6.61 Å². The highest BCUT2D eigenvalue weighted by Crippen LogP contribution is 2.10. The van der Waals surface area contributed by atoms with Gasteiger partial charge in [0.25, 0.3) is 0 Å². The Balaban J connectivity index is 1.69. The Kier molecular flexibility index (Phi) is 4.07. The third kappa shape index (κ3) is 3.43. The van der Waals surface area contributed by atoms with E-state index < -0.39 is 0 Å². The molecule has 0 bridgehead atoms. The standard InChI is InChI=1S/C11H11NO2S2/c13-11(4-3-9-7-15-8-12-9)14-6-10-2-1-5-16-10/h1-2,5,7-8H,3-4,6H2. The summed E-state index contributed by atoms with van der Waals surface area (Å²) in [5.74, 6) is -0.165. The van der Waals surface area contributed by atoms with Gasteiger partial charge in [-0.1, -0.05) is 6.07 Å². The van der Waals surface area contributed by atoms with Crippen LogP contribution in [-0.4, -0.2) is 11.0 Å². The number of nitrogens with zero attached hydrogens (tertiary/aromatic N) is 1. The van der Waals surface area contributed by atoms with Crippen LogP contribution in [0.4, 0.5) is 0 Å². The molecule has 0 amide bonds. The summed E-state index contributed by atoms with van der Waals surface area (Å²) in [6.45, 7) is 0.383. The summed E-state index contributed by atoms with van der Waals surface area (Å²) in [6, 6.07) is 3.90. The Hall–Kier alpha value is -1.20. The zero-order valence-electron chi connectivity index (χ0n) is 8.59. The molecule has 0 saturated heterocycles. The molecule has 0 N–H and O–H groups in total. The highest BCUT2D eigenvalue weighted by Gasteiger charge is 2.05. The minimum absolute atomic E-state index is 0.165. The number of carbonyl (C=O) groups excluding carboxylic acids is 1. The van der Waals surface area contributed by atoms with Crippen LogP contribution in [0.3, 0.4) is 0 Å². The highest BCUT2D eigenvalue weighted by molar-refractivity contribution is 7.09. The van der Waals surface area contributed by atoms with Crippen molar-refractivity contribution in [2.45, 2.75) is 19.4 Å². The Bertz CT molecular complexity index is 383. The smallest absolute Gasteiger partial charge is 0.306 e. The van der Waals surface area contributed by atoms with Crippen molar-refractivity contribution in [3.63, 3.8) is 0 Å². The molecule has 0 radical (unpaired) electrons. The van der Waals surface area contributed by atoms with E-state index in [9.17, 15) is 4.79 Å². The van der Waals surface area contributed by atoms with Gasteiger partial charge in [-0.3, -0.25) is 4.79 Å². The number of esters is 1. The molecule has 0 saturated carbocycles. The van der Waals surface area contributed by atoms with E-state index in [1.165, 1.54) is 0 Å². The molecule has 84 valence electrons. The number of hydrogen-bond donors (Lipinski definition) is 0. The molecule has 2 aromatic rings. The van der Waals surface area contributed by atoms with Gasteiger partial charge in [0, 0.05) is 16.7 Å². The first-order valence-corrected chi connectivity index (χ1v) is 6.72. The van der Waals surface area contributed by atoms with Crippen LogP contribution < -0.4 is 0 Å². The Morgan fingerprint density at radius 3 is 3.12 bits per heavy atom. The molecular formula is C11H11NO2S2. The van der Waals surface area contributed by atoms with Crippen molar-refractivity contribution in [1.29, 1.82) is 0 Å². The number of thiazole rings is 1. The van der Waals surface area contributed by atoms with Crippen molar-refractivity contribution in [2.75, 3.05) is 0 Å². The molecule has 0 aliphatic rings. The molecule has 2 rings (SSSR count). The minimum atomic E-state index is -0.165. The largest absolute Gasteiger partial charge is 0.460 e. The number of aryl methyl sites for hydroxylation is 1. The van der Waals surface area contributed by atoms with Crippen LogP contribution in [0.1, 0.15) is 17.0 Å². The van der Waals surface area contributed by atoms with Crippen molar-refractivity contribution in [3.05, 3.63) is 39.0 Å².